The van der Waals surface area contributed by atoms with E-state index in [0.717, 1.165) is 11.1 Å². The standard InChI is InChI=1S/C22H19ClN2O4S2/c1-14-3-5-15(6-4-14)13-25-18-9-10-30-22(18)21(26)20(31(25,27)28)12-24-16-7-8-19(29-2)17(23)11-16/h3-12,24H,13H2,1-2H3. The topological polar surface area (TPSA) is 75.7 Å². The predicted molar refractivity (Wildman–Crippen MR) is 125 cm³/mol. The number of anilines is 2. The number of thiophene rings is 1. The number of halogens is 1. The van der Waals surface area contributed by atoms with Gasteiger partial charge in [0.1, 0.15) is 10.6 Å². The number of carbonyl (C=O) groups excluding carboxylic acids is 1. The van der Waals surface area contributed by atoms with Crippen LogP contribution < -0.4 is 14.4 Å². The number of nitrogens with zero attached hydrogens (tertiary/aromatic N) is 1. The maximum Gasteiger partial charge on any atom is 0.270 e. The Balaban J connectivity index is 1.71. The van der Waals surface area contributed by atoms with Crippen LogP contribution in [0.5, 0.6) is 5.75 Å². The molecule has 0 spiro atoms. The van der Waals surface area contributed by atoms with Crippen LogP contribution in [0.2, 0.25) is 5.02 Å². The molecule has 0 saturated carbocycles. The maximum absolute atomic E-state index is 13.4. The van der Waals surface area contributed by atoms with Gasteiger partial charge in [0.15, 0.2) is 4.91 Å². The van der Waals surface area contributed by atoms with Crippen LogP contribution in [0.3, 0.4) is 0 Å². The van der Waals surface area contributed by atoms with E-state index in [1.54, 1.807) is 29.6 Å². The largest absolute Gasteiger partial charge is 0.495 e. The summed E-state index contributed by atoms with van der Waals surface area (Å²) >= 11 is 7.36. The molecule has 1 aromatic heterocycles. The minimum absolute atomic E-state index is 0.130. The zero-order chi connectivity index (χ0) is 22.2. The lowest BCUT2D eigenvalue weighted by atomic mass is 10.1. The highest BCUT2D eigenvalue weighted by molar-refractivity contribution is 7.97. The Labute approximate surface area is 189 Å². The molecule has 160 valence electrons. The minimum atomic E-state index is -4.07. The van der Waals surface area contributed by atoms with Crippen molar-refractivity contribution in [2.24, 2.45) is 0 Å². The Hall–Kier alpha value is -2.81. The van der Waals surface area contributed by atoms with E-state index < -0.39 is 15.8 Å². The van der Waals surface area contributed by atoms with Crippen molar-refractivity contribution in [1.82, 2.24) is 0 Å². The van der Waals surface area contributed by atoms with Gasteiger partial charge in [-0.15, -0.1) is 11.3 Å². The maximum atomic E-state index is 13.4. The molecule has 31 heavy (non-hydrogen) atoms. The fourth-order valence-corrected chi connectivity index (χ4v) is 5.96. The summed E-state index contributed by atoms with van der Waals surface area (Å²) in [6.07, 6.45) is 1.22. The van der Waals surface area contributed by atoms with Gasteiger partial charge >= 0.3 is 0 Å². The predicted octanol–water partition coefficient (Wildman–Crippen LogP) is 5.20. The lowest BCUT2D eigenvalue weighted by Crippen LogP contribution is -2.38. The van der Waals surface area contributed by atoms with E-state index in [9.17, 15) is 13.2 Å². The molecule has 9 heteroatoms. The van der Waals surface area contributed by atoms with E-state index in [2.05, 4.69) is 5.32 Å². The average Bonchev–Trinajstić information content (AvgIpc) is 3.22. The number of allylic oxidation sites excluding steroid dienone is 1. The molecule has 6 nitrogen and oxygen atoms in total. The molecule has 2 aromatic carbocycles. The zero-order valence-corrected chi connectivity index (χ0v) is 19.1. The Morgan fingerprint density at radius 1 is 1.16 bits per heavy atom. The van der Waals surface area contributed by atoms with Crippen LogP contribution in [0.15, 0.2) is 65.0 Å². The molecule has 3 aromatic rings. The number of nitrogens with one attached hydrogen (secondary N) is 1. The Morgan fingerprint density at radius 2 is 1.90 bits per heavy atom. The van der Waals surface area contributed by atoms with Gasteiger partial charge in [0, 0.05) is 11.9 Å². The average molecular weight is 475 g/mol. The summed E-state index contributed by atoms with van der Waals surface area (Å²) in [7, 11) is -2.56. The van der Waals surface area contributed by atoms with Crippen molar-refractivity contribution in [2.45, 2.75) is 13.5 Å². The van der Waals surface area contributed by atoms with Crippen LogP contribution in [-0.2, 0) is 16.6 Å². The molecule has 0 amide bonds. The number of ether oxygens (including phenoxy) is 1. The number of aryl methyl sites for hydroxylation is 1. The molecule has 2 heterocycles. The molecule has 4 rings (SSSR count). The number of ketones is 1. The number of carbonyl (C=O) groups is 1. The third kappa shape index (κ3) is 4.06. The highest BCUT2D eigenvalue weighted by Crippen LogP contribution is 2.39. The van der Waals surface area contributed by atoms with Crippen LogP contribution in [0.4, 0.5) is 11.4 Å². The summed E-state index contributed by atoms with van der Waals surface area (Å²) in [6, 6.07) is 14.2. The number of sulfonamides is 1. The molecular formula is C22H19ClN2O4S2. The highest BCUT2D eigenvalue weighted by atomic mass is 35.5. The van der Waals surface area contributed by atoms with Gasteiger partial charge in [-0.1, -0.05) is 41.4 Å². The SMILES string of the molecule is COc1ccc(NC=C2C(=O)c3sccc3N(Cc3ccc(C)cc3)S2(=O)=O)cc1Cl. The first kappa shape index (κ1) is 21.4. The lowest BCUT2D eigenvalue weighted by Gasteiger charge is -2.29. The van der Waals surface area contributed by atoms with Crippen molar-refractivity contribution in [3.63, 3.8) is 0 Å². The van der Waals surface area contributed by atoms with Crippen molar-refractivity contribution < 1.29 is 17.9 Å². The highest BCUT2D eigenvalue weighted by Gasteiger charge is 2.41. The third-order valence-electron chi connectivity index (χ3n) is 4.88. The molecule has 1 aliphatic rings. The van der Waals surface area contributed by atoms with E-state index in [1.165, 1.54) is 29.0 Å². The third-order valence-corrected chi connectivity index (χ3v) is 7.84. The molecule has 0 atom stereocenters. The monoisotopic (exact) mass is 474 g/mol. The normalized spacial score (nSPS) is 16.3. The summed E-state index contributed by atoms with van der Waals surface area (Å²) < 4.78 is 33.2. The van der Waals surface area contributed by atoms with Crippen molar-refractivity contribution in [3.05, 3.63) is 86.0 Å². The van der Waals surface area contributed by atoms with Gasteiger partial charge in [-0.3, -0.25) is 9.10 Å². The van der Waals surface area contributed by atoms with E-state index in [1.807, 2.05) is 31.2 Å². The summed E-state index contributed by atoms with van der Waals surface area (Å²) in [5.41, 5.74) is 2.85. The van der Waals surface area contributed by atoms with Crippen molar-refractivity contribution in [3.8, 4) is 5.75 Å². The number of benzene rings is 2. The second-order valence-electron chi connectivity index (χ2n) is 6.96. The second-order valence-corrected chi connectivity index (χ2v) is 10.1. The van der Waals surface area contributed by atoms with Crippen LogP contribution >= 0.6 is 22.9 Å². The number of methoxy groups -OCH3 is 1. The van der Waals surface area contributed by atoms with E-state index in [0.29, 0.717) is 27.0 Å². The molecule has 0 radical (unpaired) electrons. The molecule has 0 bridgehead atoms. The summed E-state index contributed by atoms with van der Waals surface area (Å²) in [4.78, 5) is 13.0. The van der Waals surface area contributed by atoms with Crippen molar-refractivity contribution in [2.75, 3.05) is 16.7 Å². The summed E-state index contributed by atoms with van der Waals surface area (Å²) in [6.45, 7) is 2.10. The summed E-state index contributed by atoms with van der Waals surface area (Å²) in [5, 5.41) is 4.97. The smallest absolute Gasteiger partial charge is 0.270 e. The van der Waals surface area contributed by atoms with Crippen LogP contribution in [-0.4, -0.2) is 21.3 Å². The summed E-state index contributed by atoms with van der Waals surface area (Å²) in [5.74, 6) is -0.0361. The lowest BCUT2D eigenvalue weighted by molar-refractivity contribution is 0.104. The minimum Gasteiger partial charge on any atom is -0.495 e. The first-order chi connectivity index (χ1) is 14.8. The fraction of sp³-hybridized carbons (Fsp3) is 0.136. The van der Waals surface area contributed by atoms with Gasteiger partial charge in [-0.2, -0.15) is 0 Å². The van der Waals surface area contributed by atoms with Gasteiger partial charge in [0.2, 0.25) is 5.78 Å². The molecule has 1 aliphatic heterocycles. The Kier molecular flexibility index (Phi) is 5.79. The van der Waals surface area contributed by atoms with Crippen LogP contribution in [0.1, 0.15) is 20.8 Å². The van der Waals surface area contributed by atoms with Crippen LogP contribution in [0, 0.1) is 6.92 Å². The molecule has 0 fully saturated rings. The molecule has 1 N–H and O–H groups in total. The molecular weight excluding hydrogens is 456 g/mol. The zero-order valence-electron chi connectivity index (χ0n) is 16.8. The Bertz CT molecular complexity index is 1280. The first-order valence-electron chi connectivity index (χ1n) is 9.32. The molecule has 0 saturated heterocycles. The quantitative estimate of drug-likeness (QED) is 0.514. The number of fused-ring (bicyclic) bond motifs is 1. The molecule has 0 unspecified atom stereocenters. The van der Waals surface area contributed by atoms with Gasteiger partial charge in [0.05, 0.1) is 24.4 Å². The van der Waals surface area contributed by atoms with E-state index >= 15 is 0 Å². The van der Waals surface area contributed by atoms with Gasteiger partial charge in [-0.05, 0) is 42.1 Å². The van der Waals surface area contributed by atoms with Crippen molar-refractivity contribution in [1.29, 1.82) is 0 Å². The number of hydrogen-bond acceptors (Lipinski definition) is 6. The van der Waals surface area contributed by atoms with E-state index in [-0.39, 0.29) is 11.4 Å². The number of Topliss-reactive ketones (excluding diaryl/α,β-unsaturated/α-hetero) is 1. The van der Waals surface area contributed by atoms with Crippen molar-refractivity contribution >= 4 is 50.1 Å². The van der Waals surface area contributed by atoms with Crippen LogP contribution in [0.25, 0.3) is 0 Å². The fourth-order valence-electron chi connectivity index (χ4n) is 3.22. The van der Waals surface area contributed by atoms with Gasteiger partial charge < -0.3 is 10.1 Å². The Morgan fingerprint density at radius 3 is 2.58 bits per heavy atom. The van der Waals surface area contributed by atoms with Gasteiger partial charge in [-0.25, -0.2) is 8.42 Å². The van der Waals surface area contributed by atoms with E-state index in [4.69, 9.17) is 16.3 Å². The second kappa shape index (κ2) is 8.37. The molecule has 0 aliphatic carbocycles. The first-order valence-corrected chi connectivity index (χ1v) is 12.0. The number of hydrogen-bond donors (Lipinski definition) is 1. The van der Waals surface area contributed by atoms with Gasteiger partial charge in [0.25, 0.3) is 10.0 Å². The number of rotatable bonds is 5.